The molecular weight excluding hydrogens is 430 g/mol. The summed E-state index contributed by atoms with van der Waals surface area (Å²) in [6.07, 6.45) is 2.14. The molecule has 1 aliphatic heterocycles. The summed E-state index contributed by atoms with van der Waals surface area (Å²) < 4.78 is 2.19. The Labute approximate surface area is 201 Å². The highest BCUT2D eigenvalue weighted by atomic mass is 32.1. The van der Waals surface area contributed by atoms with Crippen LogP contribution in [-0.2, 0) is 11.8 Å². The van der Waals surface area contributed by atoms with E-state index in [1.54, 1.807) is 6.20 Å². The average molecular weight is 462 g/mol. The number of nitrogens with zero attached hydrogens (tertiary/aromatic N) is 3. The highest BCUT2D eigenvalue weighted by molar-refractivity contribution is 7.80. The molecule has 1 aromatic carbocycles. The molecule has 0 radical (unpaired) electrons. The Morgan fingerprint density at radius 3 is 2.61 bits per heavy atom. The van der Waals surface area contributed by atoms with Crippen molar-refractivity contribution in [2.75, 3.05) is 11.9 Å². The van der Waals surface area contributed by atoms with Crippen LogP contribution in [0.2, 0.25) is 0 Å². The molecule has 1 amide bonds. The Morgan fingerprint density at radius 1 is 1.15 bits per heavy atom. The van der Waals surface area contributed by atoms with Crippen LogP contribution in [0.4, 0.5) is 5.69 Å². The molecular formula is C26H31N5OS. The molecule has 7 heteroatoms. The molecule has 6 nitrogen and oxygen atoms in total. The van der Waals surface area contributed by atoms with E-state index in [-0.39, 0.29) is 18.0 Å². The number of thiocarbonyl (C=S) groups is 1. The monoisotopic (exact) mass is 461 g/mol. The van der Waals surface area contributed by atoms with E-state index in [9.17, 15) is 4.79 Å². The van der Waals surface area contributed by atoms with Crippen LogP contribution in [0.1, 0.15) is 52.3 Å². The molecule has 0 saturated carbocycles. The third-order valence-corrected chi connectivity index (χ3v) is 6.93. The van der Waals surface area contributed by atoms with Gasteiger partial charge in [-0.25, -0.2) is 0 Å². The number of hydrogen-bond donors (Lipinski definition) is 2. The number of carbonyl (C=O) groups excluding carboxylic acids is 1. The average Bonchev–Trinajstić information content (AvgIpc) is 3.25. The summed E-state index contributed by atoms with van der Waals surface area (Å²) in [5.74, 6) is -0.0208. The van der Waals surface area contributed by atoms with Gasteiger partial charge in [0.05, 0.1) is 17.8 Å². The van der Waals surface area contributed by atoms with E-state index in [2.05, 4.69) is 52.0 Å². The minimum atomic E-state index is -0.0821. The summed E-state index contributed by atoms with van der Waals surface area (Å²) in [5, 5.41) is 7.18. The van der Waals surface area contributed by atoms with Gasteiger partial charge < -0.3 is 20.1 Å². The maximum Gasteiger partial charge on any atom is 0.226 e. The quantitative estimate of drug-likeness (QED) is 0.523. The molecule has 4 rings (SSSR count). The number of hydrogen-bond acceptors (Lipinski definition) is 3. The van der Waals surface area contributed by atoms with Gasteiger partial charge in [0.2, 0.25) is 5.91 Å². The highest BCUT2D eigenvalue weighted by Gasteiger charge is 2.41. The fraction of sp³-hybridized carbons (Fsp3) is 0.346. The second-order valence-electron chi connectivity index (χ2n) is 8.82. The van der Waals surface area contributed by atoms with Crippen LogP contribution in [-0.4, -0.2) is 32.0 Å². The summed E-state index contributed by atoms with van der Waals surface area (Å²) in [4.78, 5) is 19.6. The van der Waals surface area contributed by atoms with Gasteiger partial charge in [-0.2, -0.15) is 0 Å². The first-order valence-electron chi connectivity index (χ1n) is 11.2. The zero-order valence-electron chi connectivity index (χ0n) is 19.8. The van der Waals surface area contributed by atoms with E-state index < -0.39 is 0 Å². The Balaban J connectivity index is 1.58. The predicted octanol–water partition coefficient (Wildman–Crippen LogP) is 4.66. The van der Waals surface area contributed by atoms with Crippen LogP contribution in [0.5, 0.6) is 0 Å². The number of benzene rings is 1. The molecule has 3 heterocycles. The SMILES string of the molecule is Cc1ccc(C)c(NC(=O)CCN2C(=S)N[C@@H](c3ccccn3)[C@@H]2c2cc(C)n(C)c2C)c1. The van der Waals surface area contributed by atoms with Gasteiger partial charge in [0.1, 0.15) is 0 Å². The van der Waals surface area contributed by atoms with E-state index in [0.29, 0.717) is 18.1 Å². The fourth-order valence-corrected chi connectivity index (χ4v) is 4.81. The second-order valence-corrected chi connectivity index (χ2v) is 9.21. The van der Waals surface area contributed by atoms with Crippen molar-refractivity contribution in [3.8, 4) is 0 Å². The van der Waals surface area contributed by atoms with Crippen LogP contribution in [0, 0.1) is 27.7 Å². The number of rotatable bonds is 6. The standard InChI is InChI=1S/C26H31N5OS/c1-16-9-10-17(2)22(14-16)28-23(32)11-13-31-25(20-15-18(3)30(5)19(20)4)24(29-26(31)33)21-8-6-7-12-27-21/h6-10,12,14-15,24-25H,11,13H2,1-5H3,(H,28,32)(H,29,33)/t24-,25-/m0/s1. The van der Waals surface area contributed by atoms with Gasteiger partial charge in [-0.1, -0.05) is 18.2 Å². The molecule has 0 aliphatic carbocycles. The summed E-state index contributed by atoms with van der Waals surface area (Å²) in [6.45, 7) is 8.78. The number of aryl methyl sites for hydroxylation is 3. The van der Waals surface area contributed by atoms with Crippen LogP contribution in [0.15, 0.2) is 48.7 Å². The summed E-state index contributed by atoms with van der Waals surface area (Å²) >= 11 is 5.75. The lowest BCUT2D eigenvalue weighted by molar-refractivity contribution is -0.116. The Bertz CT molecular complexity index is 1190. The molecule has 0 unspecified atom stereocenters. The fourth-order valence-electron chi connectivity index (χ4n) is 4.47. The van der Waals surface area contributed by atoms with Gasteiger partial charge in [-0.15, -0.1) is 0 Å². The molecule has 0 spiro atoms. The van der Waals surface area contributed by atoms with Crippen molar-refractivity contribution in [2.24, 2.45) is 7.05 Å². The van der Waals surface area contributed by atoms with Gasteiger partial charge >= 0.3 is 0 Å². The molecule has 2 atom stereocenters. The third kappa shape index (κ3) is 4.64. The zero-order valence-corrected chi connectivity index (χ0v) is 20.7. The van der Waals surface area contributed by atoms with Crippen molar-refractivity contribution in [3.63, 3.8) is 0 Å². The van der Waals surface area contributed by atoms with Crippen LogP contribution >= 0.6 is 12.2 Å². The van der Waals surface area contributed by atoms with Crippen molar-refractivity contribution in [3.05, 3.63) is 82.4 Å². The first-order chi connectivity index (χ1) is 15.8. The number of pyridine rings is 1. The largest absolute Gasteiger partial charge is 0.352 e. The number of amides is 1. The molecule has 172 valence electrons. The maximum atomic E-state index is 12.8. The Kier molecular flexibility index (Phi) is 6.51. The zero-order chi connectivity index (χ0) is 23.7. The highest BCUT2D eigenvalue weighted by Crippen LogP contribution is 2.40. The lowest BCUT2D eigenvalue weighted by Gasteiger charge is -2.28. The Hall–Kier alpha value is -3.19. The van der Waals surface area contributed by atoms with Gasteiger partial charge in [0.25, 0.3) is 0 Å². The Morgan fingerprint density at radius 2 is 1.94 bits per heavy atom. The van der Waals surface area contributed by atoms with E-state index >= 15 is 0 Å². The number of carbonyl (C=O) groups is 1. The number of nitrogens with one attached hydrogen (secondary N) is 2. The molecule has 3 aromatic rings. The molecule has 1 fully saturated rings. The van der Waals surface area contributed by atoms with E-state index in [1.807, 2.05) is 50.2 Å². The van der Waals surface area contributed by atoms with Crippen molar-refractivity contribution in [1.29, 1.82) is 0 Å². The van der Waals surface area contributed by atoms with Gasteiger partial charge in [0, 0.05) is 43.3 Å². The van der Waals surface area contributed by atoms with Crippen LogP contribution in [0.3, 0.4) is 0 Å². The van der Waals surface area contributed by atoms with E-state index in [0.717, 1.165) is 22.5 Å². The molecule has 2 N–H and O–H groups in total. The lowest BCUT2D eigenvalue weighted by Crippen LogP contribution is -2.33. The van der Waals surface area contributed by atoms with Crippen molar-refractivity contribution < 1.29 is 4.79 Å². The maximum absolute atomic E-state index is 12.8. The van der Waals surface area contributed by atoms with Crippen molar-refractivity contribution in [2.45, 2.75) is 46.2 Å². The number of anilines is 1. The summed E-state index contributed by atoms with van der Waals surface area (Å²) in [7, 11) is 2.08. The molecule has 0 bridgehead atoms. The topological polar surface area (TPSA) is 62.2 Å². The smallest absolute Gasteiger partial charge is 0.226 e. The normalized spacial score (nSPS) is 17.8. The van der Waals surface area contributed by atoms with Crippen molar-refractivity contribution in [1.82, 2.24) is 19.8 Å². The lowest BCUT2D eigenvalue weighted by atomic mass is 9.96. The predicted molar refractivity (Wildman–Crippen MR) is 136 cm³/mol. The summed E-state index contributed by atoms with van der Waals surface area (Å²) in [6, 6.07) is 14.1. The third-order valence-electron chi connectivity index (χ3n) is 6.58. The molecule has 1 aliphatic rings. The summed E-state index contributed by atoms with van der Waals surface area (Å²) in [5.41, 5.74) is 7.55. The molecule has 1 saturated heterocycles. The minimum absolute atomic E-state index is 0.0208. The van der Waals surface area contributed by atoms with Gasteiger partial charge in [-0.3, -0.25) is 9.78 Å². The van der Waals surface area contributed by atoms with Crippen molar-refractivity contribution >= 4 is 28.9 Å². The minimum Gasteiger partial charge on any atom is -0.352 e. The van der Waals surface area contributed by atoms with E-state index in [1.165, 1.54) is 17.0 Å². The van der Waals surface area contributed by atoms with E-state index in [4.69, 9.17) is 12.2 Å². The first kappa shape index (κ1) is 23.0. The molecule has 33 heavy (non-hydrogen) atoms. The van der Waals surface area contributed by atoms with Gasteiger partial charge in [0.15, 0.2) is 5.11 Å². The molecule has 2 aromatic heterocycles. The van der Waals surface area contributed by atoms with Crippen LogP contribution in [0.25, 0.3) is 0 Å². The van der Waals surface area contributed by atoms with Crippen LogP contribution < -0.4 is 10.6 Å². The number of aromatic nitrogens is 2. The second kappa shape index (κ2) is 9.35. The van der Waals surface area contributed by atoms with Gasteiger partial charge in [-0.05, 0) is 80.9 Å². The first-order valence-corrected chi connectivity index (χ1v) is 11.6.